The number of nitrogens with one attached hydrogen (secondary N) is 1. The van der Waals surface area contributed by atoms with Crippen LogP contribution in [0.2, 0.25) is 0 Å². The lowest BCUT2D eigenvalue weighted by molar-refractivity contribution is -0.148. The Kier molecular flexibility index (Phi) is 4.90. The largest absolute Gasteiger partial charge is 0.331 e. The highest BCUT2D eigenvalue weighted by Gasteiger charge is 2.39. The van der Waals surface area contributed by atoms with Gasteiger partial charge in [0.25, 0.3) is 0 Å². The highest BCUT2D eigenvalue weighted by Crippen LogP contribution is 2.30. The molecule has 2 atom stereocenters. The zero-order valence-electron chi connectivity index (χ0n) is 14.8. The van der Waals surface area contributed by atoms with Crippen LogP contribution in [0.4, 0.5) is 5.69 Å². The molecule has 1 aromatic rings. The molecule has 1 aromatic carbocycles. The summed E-state index contributed by atoms with van der Waals surface area (Å²) in [4.78, 5) is 29.4. The van der Waals surface area contributed by atoms with Crippen LogP contribution in [-0.4, -0.2) is 54.3 Å². The van der Waals surface area contributed by atoms with Crippen molar-refractivity contribution in [3.63, 3.8) is 0 Å². The van der Waals surface area contributed by atoms with Gasteiger partial charge in [-0.25, -0.2) is 0 Å². The van der Waals surface area contributed by atoms with Crippen LogP contribution in [0.25, 0.3) is 0 Å². The third-order valence-corrected chi connectivity index (χ3v) is 5.37. The Balaban J connectivity index is 1.71. The van der Waals surface area contributed by atoms with Crippen molar-refractivity contribution in [2.75, 3.05) is 32.0 Å². The molecule has 24 heavy (non-hydrogen) atoms. The summed E-state index contributed by atoms with van der Waals surface area (Å²) < 4.78 is 0. The third kappa shape index (κ3) is 3.46. The molecule has 0 unspecified atom stereocenters. The van der Waals surface area contributed by atoms with Gasteiger partial charge in [0.15, 0.2) is 0 Å². The number of rotatable bonds is 1. The van der Waals surface area contributed by atoms with Gasteiger partial charge < -0.3 is 15.1 Å². The summed E-state index contributed by atoms with van der Waals surface area (Å²) in [5.74, 6) is -0.395. The monoisotopic (exact) mass is 329 g/mol. The van der Waals surface area contributed by atoms with E-state index in [0.29, 0.717) is 12.5 Å². The molecule has 5 heteroatoms. The number of likely N-dealkylation sites (tertiary alicyclic amines) is 2. The molecule has 0 saturated carbocycles. The molecular weight excluding hydrogens is 302 g/mol. The van der Waals surface area contributed by atoms with E-state index in [2.05, 4.69) is 17.3 Å². The molecule has 2 amide bonds. The zero-order valence-corrected chi connectivity index (χ0v) is 14.8. The first-order chi connectivity index (χ1) is 11.5. The Bertz CT molecular complexity index is 643. The molecular formula is C19H27N3O2. The number of fused-ring (bicyclic) bond motifs is 1. The SMILES string of the molecule is Cc1ccc(C)c(NC(=O)C(=O)N2CCC[C@H]3CN(C)CC[C@@H]32)c1. The average molecular weight is 329 g/mol. The second-order valence-electron chi connectivity index (χ2n) is 7.29. The van der Waals surface area contributed by atoms with Gasteiger partial charge in [-0.15, -0.1) is 0 Å². The summed E-state index contributed by atoms with van der Waals surface area (Å²) in [7, 11) is 2.13. The maximum atomic E-state index is 12.7. The van der Waals surface area contributed by atoms with Gasteiger partial charge >= 0.3 is 11.8 Å². The lowest BCUT2D eigenvalue weighted by Crippen LogP contribution is -2.57. The second-order valence-corrected chi connectivity index (χ2v) is 7.29. The second kappa shape index (κ2) is 6.93. The third-order valence-electron chi connectivity index (χ3n) is 5.37. The highest BCUT2D eigenvalue weighted by atomic mass is 16.2. The number of amides is 2. The van der Waals surface area contributed by atoms with Crippen molar-refractivity contribution in [1.29, 1.82) is 0 Å². The molecule has 3 rings (SSSR count). The first kappa shape index (κ1) is 17.0. The van der Waals surface area contributed by atoms with Crippen LogP contribution in [0.5, 0.6) is 0 Å². The number of anilines is 1. The van der Waals surface area contributed by atoms with E-state index in [4.69, 9.17) is 0 Å². The molecule has 2 fully saturated rings. The summed E-state index contributed by atoms with van der Waals surface area (Å²) in [5.41, 5.74) is 2.76. The van der Waals surface area contributed by atoms with Gasteiger partial charge in [0.1, 0.15) is 0 Å². The average Bonchev–Trinajstić information content (AvgIpc) is 2.56. The van der Waals surface area contributed by atoms with Crippen molar-refractivity contribution in [2.45, 2.75) is 39.2 Å². The number of hydrogen-bond acceptors (Lipinski definition) is 3. The normalized spacial score (nSPS) is 24.4. The first-order valence-corrected chi connectivity index (χ1v) is 8.83. The van der Waals surface area contributed by atoms with Crippen LogP contribution >= 0.6 is 0 Å². The van der Waals surface area contributed by atoms with E-state index in [1.807, 2.05) is 36.9 Å². The van der Waals surface area contributed by atoms with E-state index in [9.17, 15) is 9.59 Å². The quantitative estimate of drug-likeness (QED) is 0.804. The number of piperidine rings is 2. The van der Waals surface area contributed by atoms with Crippen LogP contribution in [-0.2, 0) is 9.59 Å². The van der Waals surface area contributed by atoms with Gasteiger partial charge in [-0.2, -0.15) is 0 Å². The number of nitrogens with zero attached hydrogens (tertiary/aromatic N) is 2. The van der Waals surface area contributed by atoms with E-state index in [1.54, 1.807) is 0 Å². The maximum absolute atomic E-state index is 12.7. The minimum absolute atomic E-state index is 0.215. The summed E-state index contributed by atoms with van der Waals surface area (Å²) in [6.07, 6.45) is 3.10. The highest BCUT2D eigenvalue weighted by molar-refractivity contribution is 6.39. The standard InChI is InChI=1S/C19H27N3O2/c1-13-6-7-14(2)16(11-13)20-18(23)19(24)22-9-4-5-15-12-21(3)10-8-17(15)22/h6-7,11,15,17H,4-5,8-10,12H2,1-3H3,(H,20,23)/t15-,17-/m0/s1. The lowest BCUT2D eigenvalue weighted by atomic mass is 9.84. The number of carbonyl (C=O) groups excluding carboxylic acids is 2. The number of hydrogen-bond donors (Lipinski definition) is 1. The predicted molar refractivity (Wildman–Crippen MR) is 94.9 cm³/mol. The zero-order chi connectivity index (χ0) is 17.3. The fraction of sp³-hybridized carbons (Fsp3) is 0.579. The molecule has 0 bridgehead atoms. The minimum Gasteiger partial charge on any atom is -0.331 e. The molecule has 1 N–H and O–H groups in total. The van der Waals surface area contributed by atoms with E-state index < -0.39 is 5.91 Å². The Hall–Kier alpha value is -1.88. The molecule has 2 aliphatic rings. The van der Waals surface area contributed by atoms with Gasteiger partial charge in [0.05, 0.1) is 0 Å². The van der Waals surface area contributed by atoms with Crippen LogP contribution in [0.15, 0.2) is 18.2 Å². The van der Waals surface area contributed by atoms with Crippen molar-refractivity contribution in [2.24, 2.45) is 5.92 Å². The van der Waals surface area contributed by atoms with Crippen molar-refractivity contribution < 1.29 is 9.59 Å². The van der Waals surface area contributed by atoms with Gasteiger partial charge in [-0.3, -0.25) is 9.59 Å². The van der Waals surface area contributed by atoms with E-state index in [0.717, 1.165) is 49.2 Å². The molecule has 0 aromatic heterocycles. The van der Waals surface area contributed by atoms with Crippen molar-refractivity contribution in [3.8, 4) is 0 Å². The van der Waals surface area contributed by atoms with Gasteiger partial charge in [-0.1, -0.05) is 12.1 Å². The lowest BCUT2D eigenvalue weighted by Gasteiger charge is -2.46. The first-order valence-electron chi connectivity index (χ1n) is 8.83. The Morgan fingerprint density at radius 1 is 1.17 bits per heavy atom. The summed E-state index contributed by atoms with van der Waals surface area (Å²) in [5, 5.41) is 2.81. The summed E-state index contributed by atoms with van der Waals surface area (Å²) in [6, 6.07) is 6.09. The van der Waals surface area contributed by atoms with Crippen LogP contribution < -0.4 is 5.32 Å². The van der Waals surface area contributed by atoms with Crippen molar-refractivity contribution >= 4 is 17.5 Å². The minimum atomic E-state index is -0.511. The van der Waals surface area contributed by atoms with Gasteiger partial charge in [-0.05, 0) is 69.8 Å². The summed E-state index contributed by atoms with van der Waals surface area (Å²) >= 11 is 0. The number of carbonyl (C=O) groups is 2. The summed E-state index contributed by atoms with van der Waals surface area (Å²) in [6.45, 7) is 6.62. The van der Waals surface area contributed by atoms with E-state index >= 15 is 0 Å². The molecule has 0 radical (unpaired) electrons. The molecule has 0 aliphatic carbocycles. The Labute approximate surface area is 144 Å². The van der Waals surface area contributed by atoms with Gasteiger partial charge in [0, 0.05) is 24.8 Å². The fourth-order valence-corrected chi connectivity index (χ4v) is 4.01. The van der Waals surface area contributed by atoms with E-state index in [1.165, 1.54) is 0 Å². The van der Waals surface area contributed by atoms with Crippen molar-refractivity contribution in [3.05, 3.63) is 29.3 Å². The molecule has 2 aliphatic heterocycles. The Morgan fingerprint density at radius 3 is 2.75 bits per heavy atom. The molecule has 2 saturated heterocycles. The number of aryl methyl sites for hydroxylation is 2. The molecule has 0 spiro atoms. The fourth-order valence-electron chi connectivity index (χ4n) is 4.01. The van der Waals surface area contributed by atoms with Crippen LogP contribution in [0.1, 0.15) is 30.4 Å². The molecule has 130 valence electrons. The van der Waals surface area contributed by atoms with E-state index in [-0.39, 0.29) is 11.9 Å². The van der Waals surface area contributed by atoms with Crippen LogP contribution in [0, 0.1) is 19.8 Å². The van der Waals surface area contributed by atoms with Crippen molar-refractivity contribution in [1.82, 2.24) is 9.80 Å². The molecule has 2 heterocycles. The predicted octanol–water partition coefficient (Wildman–Crippen LogP) is 2.18. The Morgan fingerprint density at radius 2 is 1.96 bits per heavy atom. The number of benzene rings is 1. The maximum Gasteiger partial charge on any atom is 0.313 e. The smallest absolute Gasteiger partial charge is 0.313 e. The molecule has 5 nitrogen and oxygen atoms in total. The topological polar surface area (TPSA) is 52.7 Å². The van der Waals surface area contributed by atoms with Crippen LogP contribution in [0.3, 0.4) is 0 Å². The van der Waals surface area contributed by atoms with Gasteiger partial charge in [0.2, 0.25) is 0 Å².